The van der Waals surface area contributed by atoms with Gasteiger partial charge in [0.1, 0.15) is 5.69 Å². The third kappa shape index (κ3) is 1.69. The average Bonchev–Trinajstić information content (AvgIpc) is 1.96. The van der Waals surface area contributed by atoms with Crippen LogP contribution in [0.3, 0.4) is 0 Å². The van der Waals surface area contributed by atoms with Crippen LogP contribution in [0, 0.1) is 5.95 Å². The molecule has 0 unspecified atom stereocenters. The normalized spacial score (nSPS) is 10.8. The third-order valence-electron chi connectivity index (χ3n) is 1.18. The number of nitrogens with one attached hydrogen (secondary N) is 1. The Morgan fingerprint density at radius 1 is 1.50 bits per heavy atom. The van der Waals surface area contributed by atoms with Gasteiger partial charge in [-0.2, -0.15) is 4.39 Å². The molecule has 0 aliphatic carbocycles. The van der Waals surface area contributed by atoms with Gasteiger partial charge in [-0.1, -0.05) is 0 Å². The molecule has 6 heteroatoms. The van der Waals surface area contributed by atoms with Gasteiger partial charge in [-0.3, -0.25) is 4.79 Å². The second-order valence-electron chi connectivity index (χ2n) is 2.01. The fourth-order valence-corrected chi connectivity index (χ4v) is 1.07. The zero-order valence-corrected chi connectivity index (χ0v) is 7.16. The maximum Gasteiger partial charge on any atom is 0.279 e. The van der Waals surface area contributed by atoms with E-state index in [0.717, 1.165) is 0 Å². The topological polar surface area (TPSA) is 32.9 Å². The molecule has 1 N–H and O–H groups in total. The molecule has 2 nitrogen and oxygen atoms in total. The highest BCUT2D eigenvalue weighted by Gasteiger charge is 2.15. The molecule has 0 radical (unpaired) electrons. The van der Waals surface area contributed by atoms with Gasteiger partial charge in [0.25, 0.3) is 6.43 Å². The standard InChI is InChI=1S/C6H3BrF3NO/c7-4-2(12)1-3(8)11-5(4)6(9)10/h1,6H,(H,11,12). The molecule has 0 aromatic carbocycles. The van der Waals surface area contributed by atoms with Crippen LogP contribution in [0.4, 0.5) is 13.2 Å². The van der Waals surface area contributed by atoms with Gasteiger partial charge < -0.3 is 4.98 Å². The molecule has 12 heavy (non-hydrogen) atoms. The molecule has 1 aromatic rings. The molecule has 0 aliphatic rings. The number of pyridine rings is 1. The van der Waals surface area contributed by atoms with Crippen LogP contribution in [0.25, 0.3) is 0 Å². The van der Waals surface area contributed by atoms with Crippen molar-refractivity contribution in [1.29, 1.82) is 0 Å². The van der Waals surface area contributed by atoms with Crippen molar-refractivity contribution in [1.82, 2.24) is 4.98 Å². The minimum Gasteiger partial charge on any atom is -0.330 e. The van der Waals surface area contributed by atoms with Gasteiger partial charge in [0.2, 0.25) is 0 Å². The first kappa shape index (κ1) is 9.31. The first-order chi connectivity index (χ1) is 5.52. The number of aromatic nitrogens is 1. The maximum absolute atomic E-state index is 12.4. The summed E-state index contributed by atoms with van der Waals surface area (Å²) in [4.78, 5) is 12.5. The number of hydrogen-bond donors (Lipinski definition) is 1. The van der Waals surface area contributed by atoms with Crippen molar-refractivity contribution in [3.8, 4) is 0 Å². The molecular formula is C6H3BrF3NO. The molecule has 0 saturated heterocycles. The Morgan fingerprint density at radius 3 is 2.58 bits per heavy atom. The van der Waals surface area contributed by atoms with Crippen LogP contribution in [0.15, 0.2) is 15.3 Å². The smallest absolute Gasteiger partial charge is 0.279 e. The van der Waals surface area contributed by atoms with E-state index in [1.807, 2.05) is 0 Å². The van der Waals surface area contributed by atoms with E-state index < -0.39 is 23.5 Å². The lowest BCUT2D eigenvalue weighted by Gasteiger charge is -2.01. The van der Waals surface area contributed by atoms with Gasteiger partial charge in [-0.25, -0.2) is 8.78 Å². The predicted molar refractivity (Wildman–Crippen MR) is 39.7 cm³/mol. The number of alkyl halides is 2. The largest absolute Gasteiger partial charge is 0.330 e. The number of hydrogen-bond acceptors (Lipinski definition) is 1. The summed E-state index contributed by atoms with van der Waals surface area (Å²) >= 11 is 2.62. The van der Waals surface area contributed by atoms with E-state index in [-0.39, 0.29) is 4.47 Å². The molecule has 0 spiro atoms. The number of H-pyrrole nitrogens is 1. The number of halogens is 4. The van der Waals surface area contributed by atoms with Crippen LogP contribution in [-0.4, -0.2) is 4.98 Å². The Labute approximate surface area is 73.5 Å². The Bertz CT molecular complexity index is 349. The van der Waals surface area contributed by atoms with Crippen molar-refractivity contribution in [3.63, 3.8) is 0 Å². The van der Waals surface area contributed by atoms with Crippen LogP contribution in [0.1, 0.15) is 12.1 Å². The lowest BCUT2D eigenvalue weighted by atomic mass is 10.3. The maximum atomic E-state index is 12.4. The molecule has 1 aromatic heterocycles. The van der Waals surface area contributed by atoms with E-state index in [4.69, 9.17) is 0 Å². The van der Waals surface area contributed by atoms with E-state index in [0.29, 0.717) is 6.07 Å². The van der Waals surface area contributed by atoms with E-state index in [9.17, 15) is 18.0 Å². The molecular weight excluding hydrogens is 239 g/mol. The van der Waals surface area contributed by atoms with Gasteiger partial charge in [-0.05, 0) is 15.9 Å². The summed E-state index contributed by atoms with van der Waals surface area (Å²) in [6.45, 7) is 0. The van der Waals surface area contributed by atoms with Crippen LogP contribution in [0.5, 0.6) is 0 Å². The minimum atomic E-state index is -2.90. The fourth-order valence-electron chi connectivity index (χ4n) is 0.681. The van der Waals surface area contributed by atoms with E-state index >= 15 is 0 Å². The van der Waals surface area contributed by atoms with Gasteiger partial charge >= 0.3 is 0 Å². The van der Waals surface area contributed by atoms with E-state index in [2.05, 4.69) is 15.9 Å². The summed E-state index contributed by atoms with van der Waals surface area (Å²) in [6, 6.07) is 0.593. The molecule has 1 heterocycles. The highest BCUT2D eigenvalue weighted by atomic mass is 79.9. The first-order valence-corrected chi connectivity index (χ1v) is 3.68. The van der Waals surface area contributed by atoms with Gasteiger partial charge in [-0.15, -0.1) is 0 Å². The van der Waals surface area contributed by atoms with Crippen LogP contribution < -0.4 is 5.43 Å². The predicted octanol–water partition coefficient (Wildman–Crippen LogP) is 2.21. The molecule has 0 fully saturated rings. The van der Waals surface area contributed by atoms with Gasteiger partial charge in [0.15, 0.2) is 11.4 Å². The summed E-state index contributed by atoms with van der Waals surface area (Å²) in [6.07, 6.45) is -2.90. The van der Waals surface area contributed by atoms with Crippen molar-refractivity contribution in [2.45, 2.75) is 6.43 Å². The Hall–Kier alpha value is -0.780. The molecule has 0 bridgehead atoms. The van der Waals surface area contributed by atoms with Crippen molar-refractivity contribution >= 4 is 15.9 Å². The van der Waals surface area contributed by atoms with E-state index in [1.54, 1.807) is 4.98 Å². The Balaban J connectivity index is 3.38. The second kappa shape index (κ2) is 3.30. The molecule has 0 aliphatic heterocycles. The SMILES string of the molecule is O=c1cc(F)[nH]c(C(F)F)c1Br. The second-order valence-corrected chi connectivity index (χ2v) is 2.80. The average molecular weight is 242 g/mol. The summed E-state index contributed by atoms with van der Waals surface area (Å²) in [5.74, 6) is -1.07. The number of rotatable bonds is 1. The summed E-state index contributed by atoms with van der Waals surface area (Å²) in [5.41, 5.74) is -1.54. The molecule has 0 atom stereocenters. The molecule has 66 valence electrons. The minimum absolute atomic E-state index is 0.334. The van der Waals surface area contributed by atoms with Crippen LogP contribution in [0.2, 0.25) is 0 Å². The van der Waals surface area contributed by atoms with Crippen molar-refractivity contribution < 1.29 is 13.2 Å². The lowest BCUT2D eigenvalue weighted by molar-refractivity contribution is 0.143. The van der Waals surface area contributed by atoms with Crippen LogP contribution in [-0.2, 0) is 0 Å². The molecule has 0 saturated carbocycles. The number of aromatic amines is 1. The van der Waals surface area contributed by atoms with Gasteiger partial charge in [0, 0.05) is 6.07 Å². The third-order valence-corrected chi connectivity index (χ3v) is 2.00. The monoisotopic (exact) mass is 241 g/mol. The zero-order valence-electron chi connectivity index (χ0n) is 5.57. The summed E-state index contributed by atoms with van der Waals surface area (Å²) in [7, 11) is 0. The first-order valence-electron chi connectivity index (χ1n) is 2.88. The van der Waals surface area contributed by atoms with Gasteiger partial charge in [0.05, 0.1) is 4.47 Å². The highest BCUT2D eigenvalue weighted by molar-refractivity contribution is 9.10. The van der Waals surface area contributed by atoms with Crippen molar-refractivity contribution in [2.24, 2.45) is 0 Å². The fraction of sp³-hybridized carbons (Fsp3) is 0.167. The quantitative estimate of drug-likeness (QED) is 0.752. The highest BCUT2D eigenvalue weighted by Crippen LogP contribution is 2.22. The Morgan fingerprint density at radius 2 is 2.08 bits per heavy atom. The summed E-state index contributed by atoms with van der Waals surface area (Å²) < 4.78 is 36.1. The van der Waals surface area contributed by atoms with E-state index in [1.165, 1.54) is 0 Å². The lowest BCUT2D eigenvalue weighted by Crippen LogP contribution is -2.08. The van der Waals surface area contributed by atoms with Crippen LogP contribution >= 0.6 is 15.9 Å². The van der Waals surface area contributed by atoms with Crippen molar-refractivity contribution in [2.75, 3.05) is 0 Å². The Kier molecular flexibility index (Phi) is 2.56. The van der Waals surface area contributed by atoms with Crippen molar-refractivity contribution in [3.05, 3.63) is 32.4 Å². The summed E-state index contributed by atoms with van der Waals surface area (Å²) in [5, 5.41) is 0. The molecule has 0 amide bonds. The molecule has 1 rings (SSSR count). The zero-order chi connectivity index (χ0) is 9.30.